The van der Waals surface area contributed by atoms with Crippen molar-refractivity contribution in [3.05, 3.63) is 30.0 Å². The minimum absolute atomic E-state index is 0.612. The maximum absolute atomic E-state index is 5.90. The van der Waals surface area contributed by atoms with Gasteiger partial charge in [-0.2, -0.15) is 5.10 Å². The normalized spacial score (nSPS) is 23.0. The molecule has 1 aromatic carbocycles. The second-order valence-corrected chi connectivity index (χ2v) is 6.00. The smallest absolute Gasteiger partial charge is 0.0843 e. The second-order valence-electron chi connectivity index (χ2n) is 6.00. The predicted molar refractivity (Wildman–Crippen MR) is 82.4 cm³/mol. The van der Waals surface area contributed by atoms with Gasteiger partial charge in [-0.3, -0.25) is 9.58 Å². The third kappa shape index (κ3) is 2.34. The monoisotopic (exact) mass is 272 g/mol. The zero-order valence-electron chi connectivity index (χ0n) is 12.4. The van der Waals surface area contributed by atoms with Crippen molar-refractivity contribution in [2.45, 2.75) is 31.8 Å². The molecule has 1 aromatic heterocycles. The van der Waals surface area contributed by atoms with Crippen molar-refractivity contribution in [2.75, 3.05) is 13.6 Å². The lowest BCUT2D eigenvalue weighted by molar-refractivity contribution is 0.191. The molecule has 0 amide bonds. The zero-order chi connectivity index (χ0) is 14.1. The average molecular weight is 272 g/mol. The molecule has 1 aliphatic carbocycles. The van der Waals surface area contributed by atoms with E-state index in [1.165, 1.54) is 35.9 Å². The maximum atomic E-state index is 5.90. The fourth-order valence-electron chi connectivity index (χ4n) is 3.63. The highest BCUT2D eigenvalue weighted by Gasteiger charge is 2.29. The van der Waals surface area contributed by atoms with Crippen LogP contribution in [0.25, 0.3) is 10.9 Å². The van der Waals surface area contributed by atoms with Gasteiger partial charge in [-0.1, -0.05) is 24.6 Å². The Morgan fingerprint density at radius 3 is 2.95 bits per heavy atom. The van der Waals surface area contributed by atoms with Gasteiger partial charge in [0, 0.05) is 25.0 Å². The largest absolute Gasteiger partial charge is 0.330 e. The number of aryl methyl sites for hydroxylation is 1. The lowest BCUT2D eigenvalue weighted by Gasteiger charge is -2.28. The minimum Gasteiger partial charge on any atom is -0.330 e. The summed E-state index contributed by atoms with van der Waals surface area (Å²) in [5.74, 6) is 0.648. The van der Waals surface area contributed by atoms with E-state index in [4.69, 9.17) is 10.8 Å². The van der Waals surface area contributed by atoms with Crippen molar-refractivity contribution in [3.8, 4) is 0 Å². The van der Waals surface area contributed by atoms with Crippen LogP contribution in [0.5, 0.6) is 0 Å². The zero-order valence-corrected chi connectivity index (χ0v) is 12.4. The Balaban J connectivity index is 1.82. The molecule has 1 fully saturated rings. The molecule has 108 valence electrons. The molecule has 4 nitrogen and oxygen atoms in total. The van der Waals surface area contributed by atoms with Crippen molar-refractivity contribution >= 4 is 10.9 Å². The summed E-state index contributed by atoms with van der Waals surface area (Å²) in [5.41, 5.74) is 8.28. The number of rotatable bonds is 4. The van der Waals surface area contributed by atoms with Crippen LogP contribution in [0.4, 0.5) is 0 Å². The van der Waals surface area contributed by atoms with Crippen LogP contribution in [0.15, 0.2) is 24.3 Å². The molecule has 1 saturated carbocycles. The van der Waals surface area contributed by atoms with Crippen molar-refractivity contribution < 1.29 is 0 Å². The van der Waals surface area contributed by atoms with Gasteiger partial charge >= 0.3 is 0 Å². The van der Waals surface area contributed by atoms with E-state index >= 15 is 0 Å². The van der Waals surface area contributed by atoms with Crippen LogP contribution in [0.2, 0.25) is 0 Å². The van der Waals surface area contributed by atoms with E-state index in [2.05, 4.69) is 36.2 Å². The third-order valence-corrected chi connectivity index (χ3v) is 4.72. The van der Waals surface area contributed by atoms with Gasteiger partial charge in [0.1, 0.15) is 0 Å². The first-order valence-electron chi connectivity index (χ1n) is 7.51. The van der Waals surface area contributed by atoms with Gasteiger partial charge in [0.05, 0.1) is 11.2 Å². The number of aromatic nitrogens is 2. The van der Waals surface area contributed by atoms with Crippen molar-refractivity contribution in [3.63, 3.8) is 0 Å². The standard InChI is InChI=1S/C16H24N4/c1-19(15-9-5-6-12(15)10-17)11-14-13-7-3-4-8-16(13)20(2)18-14/h3-4,7-8,12,15H,5-6,9-11,17H2,1-2H3. The maximum Gasteiger partial charge on any atom is 0.0843 e. The summed E-state index contributed by atoms with van der Waals surface area (Å²) < 4.78 is 1.98. The summed E-state index contributed by atoms with van der Waals surface area (Å²) in [6, 6.07) is 9.07. The summed E-state index contributed by atoms with van der Waals surface area (Å²) in [6.07, 6.45) is 3.84. The quantitative estimate of drug-likeness (QED) is 0.927. The van der Waals surface area contributed by atoms with Crippen LogP contribution in [0.1, 0.15) is 25.0 Å². The summed E-state index contributed by atoms with van der Waals surface area (Å²) in [5, 5.41) is 5.96. The van der Waals surface area contributed by atoms with E-state index in [1.54, 1.807) is 0 Å². The first-order valence-corrected chi connectivity index (χ1v) is 7.51. The van der Waals surface area contributed by atoms with Crippen LogP contribution in [0.3, 0.4) is 0 Å². The lowest BCUT2D eigenvalue weighted by atomic mass is 10.0. The summed E-state index contributed by atoms with van der Waals surface area (Å²) in [7, 11) is 4.23. The number of benzene rings is 1. The fraction of sp³-hybridized carbons (Fsp3) is 0.562. The molecular formula is C16H24N4. The van der Waals surface area contributed by atoms with Crippen LogP contribution >= 0.6 is 0 Å². The number of para-hydroxylation sites is 1. The highest BCUT2D eigenvalue weighted by atomic mass is 15.3. The van der Waals surface area contributed by atoms with Gasteiger partial charge in [0.15, 0.2) is 0 Å². The Kier molecular flexibility index (Phi) is 3.76. The fourth-order valence-corrected chi connectivity index (χ4v) is 3.63. The van der Waals surface area contributed by atoms with Gasteiger partial charge in [0.25, 0.3) is 0 Å². The molecule has 2 atom stereocenters. The lowest BCUT2D eigenvalue weighted by Crippen LogP contribution is -2.37. The van der Waals surface area contributed by atoms with E-state index in [0.717, 1.165) is 13.1 Å². The van der Waals surface area contributed by atoms with Crippen LogP contribution in [0, 0.1) is 5.92 Å². The van der Waals surface area contributed by atoms with Gasteiger partial charge in [-0.15, -0.1) is 0 Å². The summed E-state index contributed by atoms with van der Waals surface area (Å²) >= 11 is 0. The van der Waals surface area contributed by atoms with E-state index in [-0.39, 0.29) is 0 Å². The number of hydrogen-bond acceptors (Lipinski definition) is 3. The van der Waals surface area contributed by atoms with E-state index < -0.39 is 0 Å². The minimum atomic E-state index is 0.612. The molecule has 2 N–H and O–H groups in total. The van der Waals surface area contributed by atoms with Gasteiger partial charge in [-0.25, -0.2) is 0 Å². The summed E-state index contributed by atoms with van der Waals surface area (Å²) in [6.45, 7) is 1.71. The first-order chi connectivity index (χ1) is 9.70. The number of nitrogens with zero attached hydrogens (tertiary/aromatic N) is 3. The Hall–Kier alpha value is -1.39. The Bertz CT molecular complexity index is 589. The molecule has 4 heteroatoms. The van der Waals surface area contributed by atoms with E-state index in [0.29, 0.717) is 12.0 Å². The molecule has 0 saturated heterocycles. The summed E-state index contributed by atoms with van der Waals surface area (Å²) in [4.78, 5) is 2.44. The number of hydrogen-bond donors (Lipinski definition) is 1. The highest BCUT2D eigenvalue weighted by Crippen LogP contribution is 2.30. The van der Waals surface area contributed by atoms with E-state index in [9.17, 15) is 0 Å². The Labute approximate surface area is 120 Å². The molecule has 0 radical (unpaired) electrons. The Morgan fingerprint density at radius 2 is 2.15 bits per heavy atom. The molecular weight excluding hydrogens is 248 g/mol. The van der Waals surface area contributed by atoms with Gasteiger partial charge in [-0.05, 0) is 38.4 Å². The molecule has 20 heavy (non-hydrogen) atoms. The molecule has 2 aromatic rings. The number of fused-ring (bicyclic) bond motifs is 1. The number of nitrogens with two attached hydrogens (primary N) is 1. The Morgan fingerprint density at radius 1 is 1.35 bits per heavy atom. The van der Waals surface area contributed by atoms with Crippen LogP contribution in [-0.4, -0.2) is 34.3 Å². The highest BCUT2D eigenvalue weighted by molar-refractivity contribution is 5.81. The van der Waals surface area contributed by atoms with E-state index in [1.807, 2.05) is 11.7 Å². The van der Waals surface area contributed by atoms with Crippen molar-refractivity contribution in [1.29, 1.82) is 0 Å². The molecule has 0 spiro atoms. The molecule has 0 aliphatic heterocycles. The van der Waals surface area contributed by atoms with Crippen LogP contribution < -0.4 is 5.73 Å². The average Bonchev–Trinajstić information content (AvgIpc) is 3.05. The molecule has 3 rings (SSSR count). The molecule has 0 bridgehead atoms. The molecule has 2 unspecified atom stereocenters. The third-order valence-electron chi connectivity index (χ3n) is 4.72. The topological polar surface area (TPSA) is 47.1 Å². The van der Waals surface area contributed by atoms with Crippen LogP contribution in [-0.2, 0) is 13.6 Å². The predicted octanol–water partition coefficient (Wildman–Crippen LogP) is 2.13. The molecule has 1 heterocycles. The van der Waals surface area contributed by atoms with Crippen molar-refractivity contribution in [2.24, 2.45) is 18.7 Å². The molecule has 1 aliphatic rings. The SMILES string of the molecule is CN(Cc1nn(C)c2ccccc12)C1CCCC1CN. The van der Waals surface area contributed by atoms with Gasteiger partial charge in [0.2, 0.25) is 0 Å². The van der Waals surface area contributed by atoms with Crippen molar-refractivity contribution in [1.82, 2.24) is 14.7 Å². The second kappa shape index (κ2) is 5.54. The first kappa shape index (κ1) is 13.6. The van der Waals surface area contributed by atoms with Gasteiger partial charge < -0.3 is 5.73 Å².